The van der Waals surface area contributed by atoms with Crippen LogP contribution in [-0.2, 0) is 11.8 Å². The van der Waals surface area contributed by atoms with Gasteiger partial charge in [0.25, 0.3) is 0 Å². The summed E-state index contributed by atoms with van der Waals surface area (Å²) in [4.78, 5) is 20.4. The van der Waals surface area contributed by atoms with Crippen molar-refractivity contribution in [3.63, 3.8) is 0 Å². The van der Waals surface area contributed by atoms with Gasteiger partial charge in [-0.15, -0.1) is 34.8 Å². The van der Waals surface area contributed by atoms with Gasteiger partial charge in [0.05, 0.1) is 17.6 Å². The number of nitrogens with two attached hydrogens (primary N) is 1. The fraction of sp³-hybridized carbons (Fsp3) is 0.429. The highest BCUT2D eigenvalue weighted by molar-refractivity contribution is 6.27. The summed E-state index contributed by atoms with van der Waals surface area (Å²) in [5.74, 6) is 1.12. The second kappa shape index (κ2) is 8.32. The van der Waals surface area contributed by atoms with Crippen molar-refractivity contribution in [1.82, 2.24) is 15.0 Å². The van der Waals surface area contributed by atoms with Gasteiger partial charge in [0.2, 0.25) is 0 Å². The molecule has 0 aliphatic carbocycles. The van der Waals surface area contributed by atoms with Crippen LogP contribution in [0.2, 0.25) is 0 Å². The van der Waals surface area contributed by atoms with Crippen LogP contribution in [0.3, 0.4) is 0 Å². The molecule has 0 aromatic carbocycles. The van der Waals surface area contributed by atoms with E-state index in [1.807, 2.05) is 0 Å². The molecular weight excluding hydrogens is 276 g/mol. The lowest BCUT2D eigenvalue weighted by molar-refractivity contribution is 0.860. The highest BCUT2D eigenvalue weighted by atomic mass is 35.5. The molecule has 1 rings (SSSR count). The maximum absolute atomic E-state index is 10.7. The van der Waals surface area contributed by atoms with Crippen molar-refractivity contribution in [2.75, 3.05) is 5.88 Å². The Balaban J connectivity index is 0.000000385. The lowest BCUT2D eigenvalue weighted by Crippen LogP contribution is -2.16. The number of hydrogen-bond donors (Lipinski definition) is 3. The Kier molecular flexibility index (Phi) is 7.88. The van der Waals surface area contributed by atoms with E-state index >= 15 is 0 Å². The van der Waals surface area contributed by atoms with Crippen molar-refractivity contribution in [3.8, 4) is 0 Å². The molecule has 0 amide bonds. The summed E-state index contributed by atoms with van der Waals surface area (Å²) in [6, 6.07) is 0. The van der Waals surface area contributed by atoms with Gasteiger partial charge >= 0.3 is 5.69 Å². The molecule has 4 N–H and O–H groups in total. The average Bonchev–Trinajstić information content (AvgIpc) is 2.28. The Morgan fingerprint density at radius 2 is 1.88 bits per heavy atom. The van der Waals surface area contributed by atoms with E-state index in [4.69, 9.17) is 45.9 Å². The Morgan fingerprint density at radius 1 is 1.31 bits per heavy atom. The number of hydrogen-bond acceptors (Lipinski definition) is 4. The summed E-state index contributed by atoms with van der Waals surface area (Å²) in [7, 11) is 0. The van der Waals surface area contributed by atoms with Crippen molar-refractivity contribution in [3.05, 3.63) is 22.1 Å². The summed E-state index contributed by atoms with van der Waals surface area (Å²) >= 11 is 15.8. The monoisotopic (exact) mass is 285 g/mol. The number of alkyl halides is 3. The lowest BCUT2D eigenvalue weighted by Gasteiger charge is -1.95. The molecule has 1 aromatic rings. The first-order chi connectivity index (χ1) is 7.53. The first kappa shape index (κ1) is 15.2. The minimum absolute atomic E-state index is 0.0201. The Hall–Kier alpha value is -0.850. The number of halogens is 3. The summed E-state index contributed by atoms with van der Waals surface area (Å²) in [6.45, 7) is 0. The minimum Gasteiger partial charge on any atom is -0.387 e. The minimum atomic E-state index is -0.466. The van der Waals surface area contributed by atoms with E-state index in [0.29, 0.717) is 11.6 Å². The van der Waals surface area contributed by atoms with Gasteiger partial charge in [-0.05, 0) is 0 Å². The zero-order chi connectivity index (χ0) is 12.6. The van der Waals surface area contributed by atoms with E-state index < -0.39 is 5.69 Å². The van der Waals surface area contributed by atoms with Gasteiger partial charge in [-0.25, -0.2) is 9.78 Å². The van der Waals surface area contributed by atoms with E-state index in [0.717, 1.165) is 0 Å². The molecule has 0 radical (unpaired) electrons. The molecule has 9 heteroatoms. The van der Waals surface area contributed by atoms with E-state index in [-0.39, 0.29) is 23.5 Å². The fourth-order valence-corrected chi connectivity index (χ4v) is 0.846. The molecular formula is C7H10Cl3N5O. The predicted molar refractivity (Wildman–Crippen MR) is 64.4 cm³/mol. The molecule has 0 atom stereocenters. The molecule has 0 fully saturated rings. The quantitative estimate of drug-likeness (QED) is 0.434. The summed E-state index contributed by atoms with van der Waals surface area (Å²) in [6.07, 6.45) is 0. The first-order valence-electron chi connectivity index (χ1n) is 4.00. The van der Waals surface area contributed by atoms with Gasteiger partial charge in [0.15, 0.2) is 5.82 Å². The van der Waals surface area contributed by atoms with Crippen LogP contribution in [0, 0.1) is 5.41 Å². The lowest BCUT2D eigenvalue weighted by atomic mass is 10.6. The molecule has 0 saturated heterocycles. The van der Waals surface area contributed by atoms with E-state index in [2.05, 4.69) is 15.0 Å². The molecule has 0 spiro atoms. The molecule has 90 valence electrons. The number of aromatic nitrogens is 3. The molecule has 0 bridgehead atoms. The topological polar surface area (TPSA) is 109 Å². The summed E-state index contributed by atoms with van der Waals surface area (Å²) in [5, 5.41) is 6.39. The molecule has 16 heavy (non-hydrogen) atoms. The van der Waals surface area contributed by atoms with Crippen LogP contribution in [0.4, 0.5) is 0 Å². The van der Waals surface area contributed by atoms with Gasteiger partial charge < -0.3 is 5.73 Å². The molecule has 0 saturated carbocycles. The summed E-state index contributed by atoms with van der Waals surface area (Å²) < 4.78 is 0. The smallest absolute Gasteiger partial charge is 0.348 e. The third-order valence-electron chi connectivity index (χ3n) is 1.14. The second-order valence-electron chi connectivity index (χ2n) is 2.44. The largest absolute Gasteiger partial charge is 0.387 e. The number of amidine groups is 1. The van der Waals surface area contributed by atoms with Gasteiger partial charge in [0.1, 0.15) is 11.7 Å². The second-order valence-corrected chi connectivity index (χ2v) is 3.24. The molecule has 1 aromatic heterocycles. The van der Waals surface area contributed by atoms with Crippen LogP contribution in [0.1, 0.15) is 11.6 Å². The number of nitrogens with zero attached hydrogens (tertiary/aromatic N) is 2. The van der Waals surface area contributed by atoms with Gasteiger partial charge in [-0.1, -0.05) is 0 Å². The van der Waals surface area contributed by atoms with Crippen LogP contribution in [-0.4, -0.2) is 26.7 Å². The van der Waals surface area contributed by atoms with Crippen molar-refractivity contribution in [1.29, 1.82) is 5.41 Å². The molecule has 0 aliphatic rings. The average molecular weight is 287 g/mol. The normalized spacial score (nSPS) is 9.19. The number of nitrogens with one attached hydrogen (secondary N) is 2. The molecule has 1 heterocycles. The van der Waals surface area contributed by atoms with Crippen LogP contribution in [0.5, 0.6) is 0 Å². The summed E-state index contributed by atoms with van der Waals surface area (Å²) in [5.41, 5.74) is 4.28. The van der Waals surface area contributed by atoms with Crippen LogP contribution in [0.25, 0.3) is 0 Å². The van der Waals surface area contributed by atoms with E-state index in [9.17, 15) is 4.79 Å². The zero-order valence-electron chi connectivity index (χ0n) is 8.14. The molecule has 6 nitrogen and oxygen atoms in total. The Labute approximate surface area is 107 Å². The Bertz CT molecular complexity index is 369. The van der Waals surface area contributed by atoms with Gasteiger partial charge in [-0.3, -0.25) is 10.4 Å². The highest BCUT2D eigenvalue weighted by Crippen LogP contribution is 1.95. The van der Waals surface area contributed by atoms with Crippen molar-refractivity contribution in [2.45, 2.75) is 11.8 Å². The van der Waals surface area contributed by atoms with Crippen LogP contribution in [0.15, 0.2) is 4.79 Å². The molecule has 0 aliphatic heterocycles. The third kappa shape index (κ3) is 6.60. The van der Waals surface area contributed by atoms with Crippen LogP contribution < -0.4 is 11.4 Å². The maximum Gasteiger partial charge on any atom is 0.348 e. The highest BCUT2D eigenvalue weighted by Gasteiger charge is 1.99. The zero-order valence-corrected chi connectivity index (χ0v) is 10.4. The number of rotatable bonds is 3. The van der Waals surface area contributed by atoms with E-state index in [1.165, 1.54) is 0 Å². The standard InChI is InChI=1S/C5H5Cl2N3O.C2H5ClN2/c6-1-3-8-4(2-7)10-5(11)9-3;3-1-2(4)5/h1-2H2,(H,8,9,10,11);1H2,(H3,4,5). The van der Waals surface area contributed by atoms with Crippen molar-refractivity contribution in [2.24, 2.45) is 5.73 Å². The SMILES string of the molecule is N=C(N)CCl.O=c1nc(CCl)nc(CCl)[nH]1. The molecule has 0 unspecified atom stereocenters. The number of H-pyrrole nitrogens is 1. The number of aromatic amines is 1. The van der Waals surface area contributed by atoms with Crippen molar-refractivity contribution >= 4 is 40.6 Å². The maximum atomic E-state index is 10.7. The predicted octanol–water partition coefficient (Wildman–Crippen LogP) is 0.804. The van der Waals surface area contributed by atoms with Crippen LogP contribution >= 0.6 is 34.8 Å². The Morgan fingerprint density at radius 3 is 2.25 bits per heavy atom. The first-order valence-corrected chi connectivity index (χ1v) is 5.60. The van der Waals surface area contributed by atoms with Gasteiger partial charge in [-0.2, -0.15) is 4.98 Å². The van der Waals surface area contributed by atoms with Crippen molar-refractivity contribution < 1.29 is 0 Å². The van der Waals surface area contributed by atoms with Gasteiger partial charge in [0, 0.05) is 0 Å². The van der Waals surface area contributed by atoms with E-state index in [1.54, 1.807) is 0 Å². The fourth-order valence-electron chi connectivity index (χ4n) is 0.600. The third-order valence-corrected chi connectivity index (χ3v) is 1.92.